The first kappa shape index (κ1) is 22.6. The second-order valence-electron chi connectivity index (χ2n) is 9.46. The quantitative estimate of drug-likeness (QED) is 0.424. The first-order chi connectivity index (χ1) is 15.4. The summed E-state index contributed by atoms with van der Waals surface area (Å²) in [5.74, 6) is 1.45. The van der Waals surface area contributed by atoms with E-state index in [2.05, 4.69) is 0 Å². The summed E-state index contributed by atoms with van der Waals surface area (Å²) in [4.78, 5) is 10.8. The van der Waals surface area contributed by atoms with E-state index in [1.807, 2.05) is 24.3 Å². The van der Waals surface area contributed by atoms with Crippen molar-refractivity contribution in [2.24, 2.45) is 0 Å². The van der Waals surface area contributed by atoms with Crippen molar-refractivity contribution in [3.63, 3.8) is 0 Å². The molecule has 0 atom stereocenters. The Morgan fingerprint density at radius 2 is 1.12 bits per heavy atom. The zero-order chi connectivity index (χ0) is 22.3. The largest absolute Gasteiger partial charge is 0.584 e. The molecule has 0 saturated heterocycles. The van der Waals surface area contributed by atoms with Crippen LogP contribution in [0.1, 0.15) is 98.3 Å². The molecule has 2 fully saturated rings. The smallest absolute Gasteiger partial charge is 0.395 e. The fourth-order valence-corrected chi connectivity index (χ4v) is 7.16. The molecule has 0 bridgehead atoms. The Labute approximate surface area is 199 Å². The number of fused-ring (bicyclic) bond motifs is 2. The normalized spacial score (nSPS) is 21.5. The summed E-state index contributed by atoms with van der Waals surface area (Å²) in [7, 11) is -4.39. The molecule has 2 saturated carbocycles. The van der Waals surface area contributed by atoms with Crippen molar-refractivity contribution in [1.29, 1.82) is 0 Å². The van der Waals surface area contributed by atoms with Gasteiger partial charge in [-0.3, -0.25) is 4.89 Å². The highest BCUT2D eigenvalue weighted by Crippen LogP contribution is 2.55. The number of phosphoric acid groups is 1. The number of hydrogen-bond donors (Lipinski definition) is 1. The monoisotopic (exact) mass is 494 g/mol. The lowest BCUT2D eigenvalue weighted by Gasteiger charge is -2.30. The molecule has 0 spiro atoms. The molecule has 2 aliphatic carbocycles. The van der Waals surface area contributed by atoms with Gasteiger partial charge in [-0.1, -0.05) is 61.7 Å². The summed E-state index contributed by atoms with van der Waals surface area (Å²) in [5.41, 5.74) is 3.47. The lowest BCUT2D eigenvalue weighted by atomic mass is 9.81. The molecular formula is C25H29Cl2O4P. The van der Waals surface area contributed by atoms with Gasteiger partial charge in [-0.15, -0.1) is 0 Å². The van der Waals surface area contributed by atoms with Crippen molar-refractivity contribution < 1.29 is 18.5 Å². The van der Waals surface area contributed by atoms with E-state index in [1.165, 1.54) is 12.8 Å². The van der Waals surface area contributed by atoms with Crippen LogP contribution in [-0.2, 0) is 11.0 Å². The molecule has 1 N–H and O–H groups in total. The molecular weight excluding hydrogens is 466 g/mol. The van der Waals surface area contributed by atoms with E-state index in [9.17, 15) is 9.46 Å². The third-order valence-electron chi connectivity index (χ3n) is 7.20. The summed E-state index contributed by atoms with van der Waals surface area (Å²) in [5, 5.41) is 1.25. The Bertz CT molecular complexity index is 979. The molecule has 0 radical (unpaired) electrons. The molecule has 3 aliphatic rings. The fourth-order valence-electron chi connectivity index (χ4n) is 5.72. The molecule has 5 rings (SSSR count). The van der Waals surface area contributed by atoms with Gasteiger partial charge in [0.05, 0.1) is 0 Å². The molecule has 2 aromatic carbocycles. The molecule has 0 aromatic heterocycles. The second kappa shape index (κ2) is 9.22. The first-order valence-electron chi connectivity index (χ1n) is 11.8. The van der Waals surface area contributed by atoms with E-state index in [-0.39, 0.29) is 11.8 Å². The van der Waals surface area contributed by atoms with Crippen LogP contribution >= 0.6 is 31.0 Å². The zero-order valence-corrected chi connectivity index (χ0v) is 20.5. The van der Waals surface area contributed by atoms with Gasteiger partial charge in [0.1, 0.15) is 11.5 Å². The van der Waals surface area contributed by atoms with Crippen molar-refractivity contribution in [2.75, 3.05) is 0 Å². The Morgan fingerprint density at radius 1 is 0.719 bits per heavy atom. The molecule has 172 valence electrons. The molecule has 4 nitrogen and oxygen atoms in total. The highest BCUT2D eigenvalue weighted by Gasteiger charge is 2.36. The number of hydrogen-bond acceptors (Lipinski definition) is 3. The van der Waals surface area contributed by atoms with Gasteiger partial charge in [0, 0.05) is 27.6 Å². The summed E-state index contributed by atoms with van der Waals surface area (Å²) < 4.78 is 24.8. The third-order valence-corrected chi connectivity index (χ3v) is 8.47. The van der Waals surface area contributed by atoms with E-state index >= 15 is 0 Å². The van der Waals surface area contributed by atoms with E-state index in [1.54, 1.807) is 0 Å². The number of benzene rings is 2. The maximum atomic E-state index is 13.2. The van der Waals surface area contributed by atoms with Gasteiger partial charge >= 0.3 is 7.82 Å². The Morgan fingerprint density at radius 3 is 1.53 bits per heavy atom. The average Bonchev–Trinajstić information content (AvgIpc) is 2.77. The van der Waals surface area contributed by atoms with Crippen LogP contribution in [0.15, 0.2) is 24.3 Å². The van der Waals surface area contributed by atoms with Gasteiger partial charge in [-0.2, -0.15) is 0 Å². The minimum absolute atomic E-state index is 0.271. The topological polar surface area (TPSA) is 55.8 Å². The second-order valence-corrected chi connectivity index (χ2v) is 11.6. The Kier molecular flexibility index (Phi) is 6.51. The minimum Gasteiger partial charge on any atom is -0.395 e. The lowest BCUT2D eigenvalue weighted by molar-refractivity contribution is 0.281. The van der Waals surface area contributed by atoms with E-state index in [4.69, 9.17) is 32.2 Å². The number of rotatable bonds is 2. The zero-order valence-electron chi connectivity index (χ0n) is 18.1. The molecule has 7 heteroatoms. The van der Waals surface area contributed by atoms with Crippen molar-refractivity contribution in [1.82, 2.24) is 0 Å². The highest BCUT2D eigenvalue weighted by atomic mass is 35.5. The Hall–Kier alpha value is -1.19. The van der Waals surface area contributed by atoms with Gasteiger partial charge in [-0.25, -0.2) is 4.57 Å². The van der Waals surface area contributed by atoms with E-state index < -0.39 is 7.82 Å². The summed E-state index contributed by atoms with van der Waals surface area (Å²) in [6.45, 7) is 0. The van der Waals surface area contributed by atoms with Crippen LogP contribution in [0.5, 0.6) is 11.5 Å². The van der Waals surface area contributed by atoms with Crippen molar-refractivity contribution >= 4 is 31.0 Å². The summed E-state index contributed by atoms with van der Waals surface area (Å²) in [6, 6.07) is 7.48. The molecule has 32 heavy (non-hydrogen) atoms. The lowest BCUT2D eigenvalue weighted by Crippen LogP contribution is -2.14. The molecule has 0 amide bonds. The summed E-state index contributed by atoms with van der Waals surface area (Å²) >= 11 is 13.1. The van der Waals surface area contributed by atoms with Gasteiger partial charge in [-0.05, 0) is 72.9 Å². The predicted octanol–water partition coefficient (Wildman–Crippen LogP) is 8.55. The average molecular weight is 495 g/mol. The SMILES string of the molecule is O=P1(O)Oc2c(cc(Cl)cc2C2CCCCC2)Cc2cc(Cl)cc(C3CCCCC3)c2O1. The van der Waals surface area contributed by atoms with Crippen LogP contribution in [-0.4, -0.2) is 4.89 Å². The van der Waals surface area contributed by atoms with Crippen LogP contribution < -0.4 is 9.05 Å². The molecule has 0 unspecified atom stereocenters. The first-order valence-corrected chi connectivity index (χ1v) is 14.0. The summed E-state index contributed by atoms with van der Waals surface area (Å²) in [6.07, 6.45) is 11.6. The van der Waals surface area contributed by atoms with Crippen molar-refractivity contribution in [2.45, 2.75) is 82.5 Å². The van der Waals surface area contributed by atoms with E-state index in [0.717, 1.165) is 73.6 Å². The van der Waals surface area contributed by atoms with Crippen LogP contribution in [0.25, 0.3) is 0 Å². The predicted molar refractivity (Wildman–Crippen MR) is 128 cm³/mol. The minimum atomic E-state index is -4.39. The van der Waals surface area contributed by atoms with Gasteiger partial charge in [0.15, 0.2) is 0 Å². The molecule has 2 aromatic rings. The van der Waals surface area contributed by atoms with Crippen LogP contribution in [0.3, 0.4) is 0 Å². The van der Waals surface area contributed by atoms with Crippen LogP contribution in [0.2, 0.25) is 10.0 Å². The van der Waals surface area contributed by atoms with Gasteiger partial charge in [0.25, 0.3) is 0 Å². The van der Waals surface area contributed by atoms with Crippen molar-refractivity contribution in [3.05, 3.63) is 56.6 Å². The standard InChI is InChI=1S/C25H29Cl2O4P/c26-20-12-18-11-19-13-21(27)15-23(17-9-5-2-6-10-17)25(19)31-32(28,29)30-24(18)22(14-20)16-7-3-1-4-8-16/h12-17H,1-11H2,(H,28,29). The number of phosphoric ester groups is 1. The highest BCUT2D eigenvalue weighted by molar-refractivity contribution is 7.48. The van der Waals surface area contributed by atoms with Crippen molar-refractivity contribution in [3.8, 4) is 11.5 Å². The maximum Gasteiger partial charge on any atom is 0.584 e. The Balaban J connectivity index is 1.64. The van der Waals surface area contributed by atoms with Gasteiger partial charge in [0.2, 0.25) is 0 Å². The fraction of sp³-hybridized carbons (Fsp3) is 0.520. The maximum absolute atomic E-state index is 13.2. The van der Waals surface area contributed by atoms with Gasteiger partial charge < -0.3 is 9.05 Å². The molecule has 1 heterocycles. The van der Waals surface area contributed by atoms with E-state index in [0.29, 0.717) is 28.0 Å². The van der Waals surface area contributed by atoms with Crippen LogP contribution in [0, 0.1) is 0 Å². The van der Waals surface area contributed by atoms with Crippen LogP contribution in [0.4, 0.5) is 0 Å². The molecule has 1 aliphatic heterocycles. The number of halogens is 2. The third kappa shape index (κ3) is 4.71.